The van der Waals surface area contributed by atoms with Gasteiger partial charge in [-0.15, -0.1) is 11.3 Å². The lowest BCUT2D eigenvalue weighted by molar-refractivity contribution is -0.0779. The standard InChI is InChI=1S/C8H11NOS/c1-10-8(3-2-4-8)7-9-5-6-11-7/h5-6H,2-4H2,1H3. The second-order valence-corrected chi connectivity index (χ2v) is 3.78. The summed E-state index contributed by atoms with van der Waals surface area (Å²) in [5.74, 6) is 0. The van der Waals surface area contributed by atoms with E-state index in [4.69, 9.17) is 4.74 Å². The molecule has 0 radical (unpaired) electrons. The van der Waals surface area contributed by atoms with E-state index in [0.717, 1.165) is 17.8 Å². The van der Waals surface area contributed by atoms with Gasteiger partial charge in [0.15, 0.2) is 0 Å². The molecule has 0 atom stereocenters. The van der Waals surface area contributed by atoms with Crippen LogP contribution in [0.2, 0.25) is 0 Å². The molecule has 1 aliphatic rings. The van der Waals surface area contributed by atoms with Crippen LogP contribution in [0, 0.1) is 0 Å². The third-order valence-corrected chi connectivity index (χ3v) is 3.33. The van der Waals surface area contributed by atoms with E-state index in [1.807, 2.05) is 11.6 Å². The van der Waals surface area contributed by atoms with Crippen molar-refractivity contribution in [1.82, 2.24) is 4.98 Å². The van der Waals surface area contributed by atoms with E-state index in [1.165, 1.54) is 6.42 Å². The van der Waals surface area contributed by atoms with Crippen molar-refractivity contribution in [1.29, 1.82) is 0 Å². The predicted molar refractivity (Wildman–Crippen MR) is 44.7 cm³/mol. The predicted octanol–water partition coefficient (Wildman–Crippen LogP) is 2.17. The Labute approximate surface area is 70.2 Å². The summed E-state index contributed by atoms with van der Waals surface area (Å²) >= 11 is 1.69. The van der Waals surface area contributed by atoms with Crippen molar-refractivity contribution in [2.45, 2.75) is 24.9 Å². The van der Waals surface area contributed by atoms with Crippen LogP contribution in [0.25, 0.3) is 0 Å². The van der Waals surface area contributed by atoms with Crippen LogP contribution in [0.15, 0.2) is 11.6 Å². The summed E-state index contributed by atoms with van der Waals surface area (Å²) in [6, 6.07) is 0. The van der Waals surface area contributed by atoms with Gasteiger partial charge < -0.3 is 4.74 Å². The van der Waals surface area contributed by atoms with Crippen LogP contribution in [0.3, 0.4) is 0 Å². The molecule has 1 aromatic rings. The molecule has 0 aliphatic heterocycles. The van der Waals surface area contributed by atoms with Gasteiger partial charge in [0.25, 0.3) is 0 Å². The molecule has 1 aliphatic carbocycles. The minimum Gasteiger partial charge on any atom is -0.371 e. The maximum atomic E-state index is 5.47. The van der Waals surface area contributed by atoms with Crippen molar-refractivity contribution in [2.75, 3.05) is 7.11 Å². The van der Waals surface area contributed by atoms with Gasteiger partial charge in [-0.3, -0.25) is 0 Å². The summed E-state index contributed by atoms with van der Waals surface area (Å²) in [5, 5.41) is 3.15. The maximum absolute atomic E-state index is 5.47. The first-order valence-corrected chi connectivity index (χ1v) is 4.70. The highest BCUT2D eigenvalue weighted by molar-refractivity contribution is 7.09. The fraction of sp³-hybridized carbons (Fsp3) is 0.625. The second-order valence-electron chi connectivity index (χ2n) is 2.89. The molecule has 60 valence electrons. The fourth-order valence-electron chi connectivity index (χ4n) is 1.45. The van der Waals surface area contributed by atoms with Gasteiger partial charge in [0.05, 0.1) is 0 Å². The third kappa shape index (κ3) is 0.993. The number of methoxy groups -OCH3 is 1. The number of hydrogen-bond acceptors (Lipinski definition) is 3. The number of nitrogens with zero attached hydrogens (tertiary/aromatic N) is 1. The molecule has 0 aromatic carbocycles. The Bertz CT molecular complexity index is 223. The quantitative estimate of drug-likeness (QED) is 0.677. The molecule has 0 amide bonds. The van der Waals surface area contributed by atoms with E-state index in [9.17, 15) is 0 Å². The van der Waals surface area contributed by atoms with Crippen LogP contribution in [-0.2, 0) is 10.3 Å². The van der Waals surface area contributed by atoms with Crippen molar-refractivity contribution < 1.29 is 4.74 Å². The van der Waals surface area contributed by atoms with Gasteiger partial charge in [0.1, 0.15) is 10.6 Å². The van der Waals surface area contributed by atoms with Crippen LogP contribution < -0.4 is 0 Å². The van der Waals surface area contributed by atoms with E-state index < -0.39 is 0 Å². The smallest absolute Gasteiger partial charge is 0.125 e. The summed E-state index contributed by atoms with van der Waals surface area (Å²) in [5.41, 5.74) is -0.00579. The molecule has 1 fully saturated rings. The molecule has 0 bridgehead atoms. The molecule has 2 nitrogen and oxygen atoms in total. The molecule has 3 heteroatoms. The lowest BCUT2D eigenvalue weighted by Gasteiger charge is -2.38. The van der Waals surface area contributed by atoms with Crippen LogP contribution in [0.1, 0.15) is 24.3 Å². The van der Waals surface area contributed by atoms with Crippen molar-refractivity contribution in [3.63, 3.8) is 0 Å². The summed E-state index contributed by atoms with van der Waals surface area (Å²) in [4.78, 5) is 4.27. The van der Waals surface area contributed by atoms with Gasteiger partial charge >= 0.3 is 0 Å². The van der Waals surface area contributed by atoms with Gasteiger partial charge in [-0.25, -0.2) is 4.98 Å². The Morgan fingerprint density at radius 2 is 2.45 bits per heavy atom. The number of rotatable bonds is 2. The van der Waals surface area contributed by atoms with Crippen molar-refractivity contribution in [3.05, 3.63) is 16.6 Å². The molecule has 0 unspecified atom stereocenters. The van der Waals surface area contributed by atoms with Gasteiger partial charge in [-0.2, -0.15) is 0 Å². The van der Waals surface area contributed by atoms with E-state index in [2.05, 4.69) is 4.98 Å². The van der Waals surface area contributed by atoms with Crippen molar-refractivity contribution >= 4 is 11.3 Å². The van der Waals surface area contributed by atoms with E-state index in [-0.39, 0.29) is 5.60 Å². The molecule has 1 aromatic heterocycles. The Morgan fingerprint density at radius 1 is 1.64 bits per heavy atom. The summed E-state index contributed by atoms with van der Waals surface area (Å²) in [6.45, 7) is 0. The first-order valence-electron chi connectivity index (χ1n) is 3.82. The zero-order valence-electron chi connectivity index (χ0n) is 6.54. The zero-order valence-corrected chi connectivity index (χ0v) is 7.36. The molecular weight excluding hydrogens is 158 g/mol. The number of ether oxygens (including phenoxy) is 1. The summed E-state index contributed by atoms with van der Waals surface area (Å²) < 4.78 is 5.47. The van der Waals surface area contributed by atoms with Crippen LogP contribution in [-0.4, -0.2) is 12.1 Å². The first-order chi connectivity index (χ1) is 5.37. The zero-order chi connectivity index (χ0) is 7.73. The van der Waals surface area contributed by atoms with Crippen LogP contribution in [0.5, 0.6) is 0 Å². The Hall–Kier alpha value is -0.410. The lowest BCUT2D eigenvalue weighted by Crippen LogP contribution is -2.35. The largest absolute Gasteiger partial charge is 0.371 e. The van der Waals surface area contributed by atoms with Gasteiger partial charge in [-0.1, -0.05) is 0 Å². The molecule has 0 N–H and O–H groups in total. The highest BCUT2D eigenvalue weighted by Crippen LogP contribution is 2.44. The minimum absolute atomic E-state index is 0.00579. The average molecular weight is 169 g/mol. The average Bonchev–Trinajstić information content (AvgIpc) is 2.39. The molecule has 0 saturated heterocycles. The molecule has 0 spiro atoms. The summed E-state index contributed by atoms with van der Waals surface area (Å²) in [6.07, 6.45) is 5.39. The van der Waals surface area contributed by atoms with Crippen molar-refractivity contribution in [2.24, 2.45) is 0 Å². The Balaban J connectivity index is 2.25. The molecule has 1 saturated carbocycles. The summed E-state index contributed by atoms with van der Waals surface area (Å²) in [7, 11) is 1.78. The molecule has 1 heterocycles. The van der Waals surface area contributed by atoms with E-state index in [0.29, 0.717) is 0 Å². The van der Waals surface area contributed by atoms with Crippen LogP contribution in [0.4, 0.5) is 0 Å². The SMILES string of the molecule is COC1(c2nccs2)CCC1. The Morgan fingerprint density at radius 3 is 2.82 bits per heavy atom. The normalized spacial score (nSPS) is 21.2. The third-order valence-electron chi connectivity index (χ3n) is 2.37. The second kappa shape index (κ2) is 2.57. The number of aromatic nitrogens is 1. The highest BCUT2D eigenvalue weighted by Gasteiger charge is 2.40. The van der Waals surface area contributed by atoms with Gasteiger partial charge in [-0.05, 0) is 19.3 Å². The lowest BCUT2D eigenvalue weighted by atomic mass is 9.80. The van der Waals surface area contributed by atoms with Gasteiger partial charge in [0.2, 0.25) is 0 Å². The molecule has 2 rings (SSSR count). The topological polar surface area (TPSA) is 22.1 Å². The van der Waals surface area contributed by atoms with Crippen LogP contribution >= 0.6 is 11.3 Å². The Kier molecular flexibility index (Phi) is 1.69. The number of hydrogen-bond donors (Lipinski definition) is 0. The number of thiazole rings is 1. The first kappa shape index (κ1) is 7.25. The molecule has 11 heavy (non-hydrogen) atoms. The minimum atomic E-state index is -0.00579. The maximum Gasteiger partial charge on any atom is 0.125 e. The highest BCUT2D eigenvalue weighted by atomic mass is 32.1. The van der Waals surface area contributed by atoms with Gasteiger partial charge in [0, 0.05) is 18.7 Å². The monoisotopic (exact) mass is 169 g/mol. The molecular formula is C8H11NOS. The van der Waals surface area contributed by atoms with Crippen molar-refractivity contribution in [3.8, 4) is 0 Å². The van der Waals surface area contributed by atoms with E-state index >= 15 is 0 Å². The fourth-order valence-corrected chi connectivity index (χ4v) is 2.33. The van der Waals surface area contributed by atoms with E-state index in [1.54, 1.807) is 18.4 Å².